The third-order valence-electron chi connectivity index (χ3n) is 2.83. The van der Waals surface area contributed by atoms with E-state index in [0.717, 1.165) is 11.2 Å². The van der Waals surface area contributed by atoms with Gasteiger partial charge in [0.05, 0.1) is 22.9 Å². The van der Waals surface area contributed by atoms with Crippen LogP contribution >= 0.6 is 0 Å². The number of hydrogen-bond acceptors (Lipinski definition) is 2. The van der Waals surface area contributed by atoms with E-state index in [2.05, 4.69) is 57.3 Å². The molecule has 2 aromatic heterocycles. The van der Waals surface area contributed by atoms with Crippen LogP contribution < -0.4 is 0 Å². The quantitative estimate of drug-likeness (QED) is 0.695. The first-order valence-electron chi connectivity index (χ1n) is 6.05. The van der Waals surface area contributed by atoms with Gasteiger partial charge in [0.1, 0.15) is 0 Å². The zero-order chi connectivity index (χ0) is 12.8. The van der Waals surface area contributed by atoms with E-state index in [1.165, 1.54) is 5.39 Å². The first kappa shape index (κ1) is 12.1. The minimum absolute atomic E-state index is 0.0230. The van der Waals surface area contributed by atoms with Gasteiger partial charge in [0, 0.05) is 17.0 Å². The number of rotatable bonds is 0. The molecule has 2 aromatic rings. The molecule has 0 atom stereocenters. The molecule has 2 rings (SSSR count). The molecule has 0 aliphatic carbocycles. The topological polar surface area (TPSA) is 30.7 Å². The van der Waals surface area contributed by atoms with Crippen LogP contribution in [0.2, 0.25) is 0 Å². The molecule has 0 aliphatic heterocycles. The second-order valence-electron chi connectivity index (χ2n) is 6.57. The van der Waals surface area contributed by atoms with Crippen LogP contribution in [0.25, 0.3) is 10.9 Å². The van der Waals surface area contributed by atoms with Crippen LogP contribution in [0.1, 0.15) is 47.2 Å². The summed E-state index contributed by atoms with van der Waals surface area (Å²) in [6, 6.07) is 2.06. The zero-order valence-corrected chi connectivity index (χ0v) is 11.6. The van der Waals surface area contributed by atoms with Gasteiger partial charge in [0.2, 0.25) is 0 Å². The molecular formula is C14H21N3. The van der Waals surface area contributed by atoms with Gasteiger partial charge in [-0.15, -0.1) is 0 Å². The van der Waals surface area contributed by atoms with Crippen molar-refractivity contribution < 1.29 is 0 Å². The number of pyridine rings is 1. The first-order chi connectivity index (χ1) is 7.71. The fourth-order valence-electron chi connectivity index (χ4n) is 2.03. The minimum Gasteiger partial charge on any atom is -0.262 e. The predicted molar refractivity (Wildman–Crippen MR) is 71.2 cm³/mol. The number of hydrogen-bond donors (Lipinski definition) is 0. The molecule has 17 heavy (non-hydrogen) atoms. The van der Waals surface area contributed by atoms with Crippen molar-refractivity contribution in [1.82, 2.24) is 14.8 Å². The highest BCUT2D eigenvalue weighted by Gasteiger charge is 2.26. The SMILES string of the molecule is CC(C)(C)c1nn(C(C)(C)C)c2cnccc12. The standard InChI is InChI=1S/C14H21N3/c1-13(2,3)12-10-7-8-15-9-11(10)17(16-12)14(4,5)6/h7-9H,1-6H3. The van der Waals surface area contributed by atoms with Gasteiger partial charge in [-0.25, -0.2) is 0 Å². The molecule has 3 heteroatoms. The van der Waals surface area contributed by atoms with E-state index in [1.807, 2.05) is 12.4 Å². The van der Waals surface area contributed by atoms with Crippen LogP contribution in [-0.4, -0.2) is 14.8 Å². The third-order valence-corrected chi connectivity index (χ3v) is 2.83. The normalized spacial score (nSPS) is 13.3. The van der Waals surface area contributed by atoms with E-state index in [4.69, 9.17) is 5.10 Å². The largest absolute Gasteiger partial charge is 0.262 e. The number of nitrogens with zero attached hydrogens (tertiary/aromatic N) is 3. The molecule has 0 saturated heterocycles. The van der Waals surface area contributed by atoms with E-state index in [-0.39, 0.29) is 11.0 Å². The van der Waals surface area contributed by atoms with Crippen molar-refractivity contribution in [1.29, 1.82) is 0 Å². The monoisotopic (exact) mass is 231 g/mol. The van der Waals surface area contributed by atoms with Gasteiger partial charge >= 0.3 is 0 Å². The summed E-state index contributed by atoms with van der Waals surface area (Å²) < 4.78 is 2.08. The molecule has 0 aliphatic rings. The van der Waals surface area contributed by atoms with E-state index < -0.39 is 0 Å². The smallest absolute Gasteiger partial charge is 0.0874 e. The Kier molecular flexibility index (Phi) is 2.53. The lowest BCUT2D eigenvalue weighted by Gasteiger charge is -2.21. The third kappa shape index (κ3) is 2.06. The summed E-state index contributed by atoms with van der Waals surface area (Å²) in [4.78, 5) is 4.22. The molecule has 3 nitrogen and oxygen atoms in total. The van der Waals surface area contributed by atoms with E-state index in [9.17, 15) is 0 Å². The lowest BCUT2D eigenvalue weighted by atomic mass is 9.90. The second-order valence-corrected chi connectivity index (χ2v) is 6.57. The molecule has 92 valence electrons. The molecule has 0 bridgehead atoms. The maximum atomic E-state index is 4.81. The van der Waals surface area contributed by atoms with Crippen molar-refractivity contribution in [3.63, 3.8) is 0 Å². The number of aromatic nitrogens is 3. The summed E-state index contributed by atoms with van der Waals surface area (Å²) in [5.41, 5.74) is 2.29. The van der Waals surface area contributed by atoms with Gasteiger partial charge in [0.15, 0.2) is 0 Å². The van der Waals surface area contributed by atoms with Crippen LogP contribution in [0.4, 0.5) is 0 Å². The fraction of sp³-hybridized carbons (Fsp3) is 0.571. The summed E-state index contributed by atoms with van der Waals surface area (Å²) >= 11 is 0. The minimum atomic E-state index is -0.0230. The Morgan fingerprint density at radius 1 is 1.06 bits per heavy atom. The Hall–Kier alpha value is -1.38. The van der Waals surface area contributed by atoms with Crippen molar-refractivity contribution in [3.8, 4) is 0 Å². The van der Waals surface area contributed by atoms with Crippen molar-refractivity contribution in [3.05, 3.63) is 24.2 Å². The van der Waals surface area contributed by atoms with Gasteiger partial charge in [0.25, 0.3) is 0 Å². The lowest BCUT2D eigenvalue weighted by Crippen LogP contribution is -2.24. The highest BCUT2D eigenvalue weighted by atomic mass is 15.3. The zero-order valence-electron chi connectivity index (χ0n) is 11.6. The number of fused-ring (bicyclic) bond motifs is 1. The Bertz CT molecular complexity index is 491. The predicted octanol–water partition coefficient (Wildman–Crippen LogP) is 3.48. The molecular weight excluding hydrogens is 210 g/mol. The summed E-state index contributed by atoms with van der Waals surface area (Å²) in [5.74, 6) is 0. The molecule has 0 amide bonds. The summed E-state index contributed by atoms with van der Waals surface area (Å²) in [6.07, 6.45) is 3.75. The highest BCUT2D eigenvalue weighted by Crippen LogP contribution is 2.31. The molecule has 0 aromatic carbocycles. The molecule has 2 heterocycles. The lowest BCUT2D eigenvalue weighted by molar-refractivity contribution is 0.359. The Morgan fingerprint density at radius 2 is 1.71 bits per heavy atom. The van der Waals surface area contributed by atoms with Crippen molar-refractivity contribution in [2.24, 2.45) is 0 Å². The van der Waals surface area contributed by atoms with E-state index in [1.54, 1.807) is 0 Å². The van der Waals surface area contributed by atoms with Gasteiger partial charge in [-0.2, -0.15) is 5.10 Å². The van der Waals surface area contributed by atoms with Crippen LogP contribution in [0.5, 0.6) is 0 Å². The van der Waals surface area contributed by atoms with E-state index in [0.29, 0.717) is 0 Å². The van der Waals surface area contributed by atoms with Crippen molar-refractivity contribution in [2.45, 2.75) is 52.5 Å². The van der Waals surface area contributed by atoms with Crippen molar-refractivity contribution >= 4 is 10.9 Å². The molecule has 0 N–H and O–H groups in total. The Morgan fingerprint density at radius 3 is 2.24 bits per heavy atom. The Balaban J connectivity index is 2.81. The molecule has 0 fully saturated rings. The molecule has 0 saturated carbocycles. The fourth-order valence-corrected chi connectivity index (χ4v) is 2.03. The molecule has 0 spiro atoms. The van der Waals surface area contributed by atoms with Gasteiger partial charge in [-0.3, -0.25) is 9.67 Å². The van der Waals surface area contributed by atoms with Gasteiger partial charge in [-0.1, -0.05) is 20.8 Å². The average Bonchev–Trinajstić information content (AvgIpc) is 2.55. The van der Waals surface area contributed by atoms with Crippen LogP contribution in [0.3, 0.4) is 0 Å². The Labute approximate surface area is 103 Å². The summed E-state index contributed by atoms with van der Waals surface area (Å²) in [6.45, 7) is 13.1. The van der Waals surface area contributed by atoms with Crippen LogP contribution in [-0.2, 0) is 11.0 Å². The summed E-state index contributed by atoms with van der Waals surface area (Å²) in [7, 11) is 0. The maximum absolute atomic E-state index is 4.81. The van der Waals surface area contributed by atoms with Crippen molar-refractivity contribution in [2.75, 3.05) is 0 Å². The van der Waals surface area contributed by atoms with Gasteiger partial charge in [-0.05, 0) is 26.8 Å². The van der Waals surface area contributed by atoms with Crippen LogP contribution in [0, 0.1) is 0 Å². The second kappa shape index (κ2) is 3.56. The van der Waals surface area contributed by atoms with E-state index >= 15 is 0 Å². The maximum Gasteiger partial charge on any atom is 0.0874 e. The first-order valence-corrected chi connectivity index (χ1v) is 6.05. The van der Waals surface area contributed by atoms with Gasteiger partial charge < -0.3 is 0 Å². The average molecular weight is 231 g/mol. The highest BCUT2D eigenvalue weighted by molar-refractivity contribution is 5.82. The molecule has 0 radical (unpaired) electrons. The molecule has 0 unspecified atom stereocenters. The summed E-state index contributed by atoms with van der Waals surface area (Å²) in [5, 5.41) is 6.02. The van der Waals surface area contributed by atoms with Crippen LogP contribution in [0.15, 0.2) is 18.5 Å².